The molecule has 0 saturated heterocycles. The van der Waals surface area contributed by atoms with Crippen LogP contribution >= 0.6 is 0 Å². The van der Waals surface area contributed by atoms with E-state index in [2.05, 4.69) is 45.3 Å². The summed E-state index contributed by atoms with van der Waals surface area (Å²) in [7, 11) is 0. The SMILES string of the molecule is CC(C)CN(c1ccc([C@H](C)CC(=O)O)cc1Nc1n[nH]c(C(N)=O)n1)C1CCCCC1. The minimum atomic E-state index is -0.834. The van der Waals surface area contributed by atoms with Gasteiger partial charge in [0.15, 0.2) is 0 Å². The van der Waals surface area contributed by atoms with Crippen LogP contribution in [0.15, 0.2) is 18.2 Å². The van der Waals surface area contributed by atoms with Gasteiger partial charge >= 0.3 is 5.97 Å². The Bertz CT molecular complexity index is 936. The minimum absolute atomic E-state index is 0.0178. The van der Waals surface area contributed by atoms with Crippen LogP contribution in [0.3, 0.4) is 0 Å². The molecule has 1 heterocycles. The highest BCUT2D eigenvalue weighted by Gasteiger charge is 2.25. The lowest BCUT2D eigenvalue weighted by Gasteiger charge is -2.38. The van der Waals surface area contributed by atoms with Crippen molar-refractivity contribution in [2.45, 2.75) is 71.3 Å². The molecule has 2 aromatic rings. The number of nitrogens with two attached hydrogens (primary N) is 1. The normalized spacial score (nSPS) is 15.5. The number of benzene rings is 1. The first kappa shape index (κ1) is 23.6. The second-order valence-corrected chi connectivity index (χ2v) is 9.11. The van der Waals surface area contributed by atoms with Crippen LogP contribution in [0.25, 0.3) is 0 Å². The first-order valence-corrected chi connectivity index (χ1v) is 11.4. The van der Waals surface area contributed by atoms with Gasteiger partial charge in [0.1, 0.15) is 0 Å². The van der Waals surface area contributed by atoms with Gasteiger partial charge in [0.2, 0.25) is 11.8 Å². The number of aromatic nitrogens is 3. The maximum Gasteiger partial charge on any atom is 0.303 e. The quantitative estimate of drug-likeness (QED) is 0.436. The lowest BCUT2D eigenvalue weighted by atomic mass is 9.92. The van der Waals surface area contributed by atoms with Crippen molar-refractivity contribution in [3.8, 4) is 0 Å². The van der Waals surface area contributed by atoms with E-state index >= 15 is 0 Å². The predicted molar refractivity (Wildman–Crippen MR) is 124 cm³/mol. The smallest absolute Gasteiger partial charge is 0.303 e. The monoisotopic (exact) mass is 442 g/mol. The summed E-state index contributed by atoms with van der Waals surface area (Å²) in [5.41, 5.74) is 8.03. The van der Waals surface area contributed by atoms with E-state index in [0.29, 0.717) is 12.0 Å². The number of nitrogens with one attached hydrogen (secondary N) is 2. The van der Waals surface area contributed by atoms with Crippen molar-refractivity contribution in [2.75, 3.05) is 16.8 Å². The molecule has 1 fully saturated rings. The molecule has 1 aliphatic carbocycles. The van der Waals surface area contributed by atoms with Crippen LogP contribution in [0.2, 0.25) is 0 Å². The molecule has 1 aromatic heterocycles. The Morgan fingerprint density at radius 3 is 2.56 bits per heavy atom. The Kier molecular flexibility index (Phi) is 7.71. The highest BCUT2D eigenvalue weighted by Crippen LogP contribution is 2.36. The largest absolute Gasteiger partial charge is 0.481 e. The van der Waals surface area contributed by atoms with E-state index in [0.717, 1.165) is 36.3 Å². The van der Waals surface area contributed by atoms with Crippen molar-refractivity contribution in [2.24, 2.45) is 11.7 Å². The molecule has 5 N–H and O–H groups in total. The second-order valence-electron chi connectivity index (χ2n) is 9.11. The number of hydrogen-bond donors (Lipinski definition) is 4. The molecule has 9 heteroatoms. The van der Waals surface area contributed by atoms with Gasteiger partial charge < -0.3 is 21.1 Å². The van der Waals surface area contributed by atoms with Crippen molar-refractivity contribution in [3.05, 3.63) is 29.6 Å². The third kappa shape index (κ3) is 5.99. The first-order valence-electron chi connectivity index (χ1n) is 11.4. The number of carbonyl (C=O) groups excluding carboxylic acids is 1. The van der Waals surface area contributed by atoms with Crippen molar-refractivity contribution in [3.63, 3.8) is 0 Å². The lowest BCUT2D eigenvalue weighted by molar-refractivity contribution is -0.137. The van der Waals surface area contributed by atoms with E-state index in [1.165, 1.54) is 19.3 Å². The van der Waals surface area contributed by atoms with Gasteiger partial charge in [-0.05, 0) is 42.4 Å². The fourth-order valence-corrected chi connectivity index (χ4v) is 4.37. The number of hydrogen-bond acceptors (Lipinski definition) is 6. The number of anilines is 3. The zero-order valence-electron chi connectivity index (χ0n) is 19.1. The molecule has 1 amide bonds. The number of rotatable bonds is 10. The van der Waals surface area contributed by atoms with Gasteiger partial charge in [0.05, 0.1) is 17.8 Å². The number of carboxylic acids is 1. The highest BCUT2D eigenvalue weighted by molar-refractivity contribution is 5.89. The van der Waals surface area contributed by atoms with Crippen molar-refractivity contribution >= 4 is 29.2 Å². The molecule has 0 spiro atoms. The third-order valence-corrected chi connectivity index (χ3v) is 5.92. The van der Waals surface area contributed by atoms with Gasteiger partial charge in [-0.25, -0.2) is 0 Å². The maximum absolute atomic E-state index is 11.4. The molecule has 0 unspecified atom stereocenters. The standard InChI is InChI=1S/C23H34N6O3/c1-14(2)13-29(17-7-5-4-6-8-17)19-10-9-16(15(3)11-20(30)31)12-18(19)25-23-26-22(21(24)32)27-28-23/h9-10,12,14-15,17H,4-8,11,13H2,1-3H3,(H2,24,32)(H,30,31)(H2,25,26,27,28)/t15-/m1/s1. The number of carboxylic acid groups (broad SMARTS) is 1. The Labute approximate surface area is 188 Å². The topological polar surface area (TPSA) is 137 Å². The molecule has 1 atom stereocenters. The molecule has 1 saturated carbocycles. The zero-order chi connectivity index (χ0) is 23.3. The van der Waals surface area contributed by atoms with Crippen LogP contribution in [0.1, 0.15) is 81.4 Å². The number of primary amides is 1. The van der Waals surface area contributed by atoms with E-state index in [-0.39, 0.29) is 24.1 Å². The molecule has 1 aliphatic rings. The highest BCUT2D eigenvalue weighted by atomic mass is 16.4. The van der Waals surface area contributed by atoms with Gasteiger partial charge in [-0.3, -0.25) is 14.7 Å². The van der Waals surface area contributed by atoms with Crippen LogP contribution in [0.5, 0.6) is 0 Å². The number of H-pyrrole nitrogens is 1. The van der Waals surface area contributed by atoms with E-state index in [4.69, 9.17) is 5.73 Å². The molecule has 0 aliphatic heterocycles. The van der Waals surface area contributed by atoms with Crippen LogP contribution in [0.4, 0.5) is 17.3 Å². The van der Waals surface area contributed by atoms with Gasteiger partial charge in [-0.2, -0.15) is 4.98 Å². The van der Waals surface area contributed by atoms with E-state index < -0.39 is 11.9 Å². The van der Waals surface area contributed by atoms with Crippen molar-refractivity contribution < 1.29 is 14.7 Å². The molecule has 1 aromatic carbocycles. The van der Waals surface area contributed by atoms with E-state index in [1.54, 1.807) is 0 Å². The summed E-state index contributed by atoms with van der Waals surface area (Å²) in [6.07, 6.45) is 6.06. The lowest BCUT2D eigenvalue weighted by Crippen LogP contribution is -2.39. The van der Waals surface area contributed by atoms with Gasteiger partial charge in [0.25, 0.3) is 5.91 Å². The molecule has 9 nitrogen and oxygen atoms in total. The molecule has 0 bridgehead atoms. The fourth-order valence-electron chi connectivity index (χ4n) is 4.37. The maximum atomic E-state index is 11.4. The average molecular weight is 443 g/mol. The van der Waals surface area contributed by atoms with E-state index in [1.807, 2.05) is 19.1 Å². The summed E-state index contributed by atoms with van der Waals surface area (Å²) < 4.78 is 0. The van der Waals surface area contributed by atoms with Crippen LogP contribution in [0, 0.1) is 5.92 Å². The fraction of sp³-hybridized carbons (Fsp3) is 0.565. The van der Waals surface area contributed by atoms with Crippen LogP contribution in [-0.4, -0.2) is 44.8 Å². The molecule has 32 heavy (non-hydrogen) atoms. The molecule has 3 rings (SSSR count). The van der Waals surface area contributed by atoms with Crippen LogP contribution < -0.4 is 16.0 Å². The zero-order valence-corrected chi connectivity index (χ0v) is 19.1. The number of nitrogens with zero attached hydrogens (tertiary/aromatic N) is 3. The molecule has 0 radical (unpaired) electrons. The number of aliphatic carboxylic acids is 1. The van der Waals surface area contributed by atoms with Crippen LogP contribution in [-0.2, 0) is 4.79 Å². The summed E-state index contributed by atoms with van der Waals surface area (Å²) in [5.74, 6) is -0.964. The number of carbonyl (C=O) groups is 2. The van der Waals surface area contributed by atoms with Gasteiger partial charge in [0, 0.05) is 12.6 Å². The second kappa shape index (κ2) is 10.5. The summed E-state index contributed by atoms with van der Waals surface area (Å²) >= 11 is 0. The van der Waals surface area contributed by atoms with Crippen molar-refractivity contribution in [1.82, 2.24) is 15.2 Å². The minimum Gasteiger partial charge on any atom is -0.481 e. The third-order valence-electron chi connectivity index (χ3n) is 5.92. The Hall–Kier alpha value is -3.10. The predicted octanol–water partition coefficient (Wildman–Crippen LogP) is 4.02. The van der Waals surface area contributed by atoms with Crippen molar-refractivity contribution in [1.29, 1.82) is 0 Å². The van der Waals surface area contributed by atoms with Gasteiger partial charge in [-0.15, -0.1) is 5.10 Å². The average Bonchev–Trinajstić information content (AvgIpc) is 3.21. The summed E-state index contributed by atoms with van der Waals surface area (Å²) in [6.45, 7) is 7.23. The number of amides is 1. The molecule has 174 valence electrons. The summed E-state index contributed by atoms with van der Waals surface area (Å²) in [5, 5.41) is 19.1. The summed E-state index contributed by atoms with van der Waals surface area (Å²) in [6, 6.07) is 6.49. The Balaban J connectivity index is 2.00. The molecular weight excluding hydrogens is 408 g/mol. The molecular formula is C23H34N6O3. The first-order chi connectivity index (χ1) is 15.2. The van der Waals surface area contributed by atoms with E-state index in [9.17, 15) is 14.7 Å². The van der Waals surface area contributed by atoms with Gasteiger partial charge in [-0.1, -0.05) is 46.1 Å². The summed E-state index contributed by atoms with van der Waals surface area (Å²) in [4.78, 5) is 29.2. The Morgan fingerprint density at radius 2 is 1.97 bits per heavy atom. The Morgan fingerprint density at radius 1 is 1.25 bits per heavy atom. The number of aromatic amines is 1.